The number of amides is 2. The summed E-state index contributed by atoms with van der Waals surface area (Å²) in [7, 11) is 0. The predicted octanol–water partition coefficient (Wildman–Crippen LogP) is -0.694. The zero-order valence-electron chi connectivity index (χ0n) is 11.4. The standard InChI is InChI=1S/C13H21N3O4/c14-6-11(17)15-7-12(18)16-9-4-2-1-3-8(9)5-10(16)13(19)20/h8-10H,1-7,14H2,(H,15,17)(H,19,20). The third-order valence-corrected chi connectivity index (χ3v) is 4.28. The van der Waals surface area contributed by atoms with Crippen LogP contribution in [0.4, 0.5) is 0 Å². The summed E-state index contributed by atoms with van der Waals surface area (Å²) < 4.78 is 0. The quantitative estimate of drug-likeness (QED) is 0.632. The molecule has 2 amide bonds. The number of carbonyl (C=O) groups is 3. The van der Waals surface area contributed by atoms with Gasteiger partial charge in [-0.1, -0.05) is 12.8 Å². The molecule has 0 aromatic heterocycles. The Morgan fingerprint density at radius 3 is 2.60 bits per heavy atom. The van der Waals surface area contributed by atoms with Gasteiger partial charge >= 0.3 is 5.97 Å². The number of hydrogen-bond donors (Lipinski definition) is 3. The largest absolute Gasteiger partial charge is 0.480 e. The zero-order chi connectivity index (χ0) is 14.7. The predicted molar refractivity (Wildman–Crippen MR) is 70.7 cm³/mol. The van der Waals surface area contributed by atoms with Crippen LogP contribution in [-0.4, -0.2) is 53.0 Å². The van der Waals surface area contributed by atoms with E-state index in [9.17, 15) is 19.5 Å². The van der Waals surface area contributed by atoms with E-state index in [0.717, 1.165) is 25.7 Å². The van der Waals surface area contributed by atoms with Gasteiger partial charge < -0.3 is 21.1 Å². The number of nitrogens with two attached hydrogens (primary N) is 1. The van der Waals surface area contributed by atoms with Gasteiger partial charge in [-0.05, 0) is 25.2 Å². The van der Waals surface area contributed by atoms with Gasteiger partial charge in [0.15, 0.2) is 0 Å². The van der Waals surface area contributed by atoms with E-state index in [2.05, 4.69) is 5.32 Å². The first kappa shape index (κ1) is 14.8. The number of carboxylic acids is 1. The van der Waals surface area contributed by atoms with Crippen molar-refractivity contribution in [1.29, 1.82) is 0 Å². The van der Waals surface area contributed by atoms with Crippen molar-refractivity contribution in [2.24, 2.45) is 11.7 Å². The van der Waals surface area contributed by atoms with Crippen LogP contribution in [0.15, 0.2) is 0 Å². The molecule has 0 spiro atoms. The summed E-state index contributed by atoms with van der Waals surface area (Å²) in [6.07, 6.45) is 4.47. The second-order valence-electron chi connectivity index (χ2n) is 5.48. The lowest BCUT2D eigenvalue weighted by molar-refractivity contribution is -0.149. The van der Waals surface area contributed by atoms with Gasteiger partial charge in [-0.25, -0.2) is 4.79 Å². The van der Waals surface area contributed by atoms with Crippen molar-refractivity contribution in [2.45, 2.75) is 44.2 Å². The van der Waals surface area contributed by atoms with Crippen LogP contribution in [0.1, 0.15) is 32.1 Å². The van der Waals surface area contributed by atoms with Crippen molar-refractivity contribution in [3.05, 3.63) is 0 Å². The molecule has 20 heavy (non-hydrogen) atoms. The van der Waals surface area contributed by atoms with Gasteiger partial charge in [-0.15, -0.1) is 0 Å². The average molecular weight is 283 g/mol. The maximum absolute atomic E-state index is 12.2. The van der Waals surface area contributed by atoms with E-state index in [1.165, 1.54) is 4.90 Å². The second-order valence-corrected chi connectivity index (χ2v) is 5.48. The van der Waals surface area contributed by atoms with Crippen LogP contribution < -0.4 is 11.1 Å². The molecule has 0 aromatic rings. The summed E-state index contributed by atoms with van der Waals surface area (Å²) in [6.45, 7) is -0.356. The fourth-order valence-electron chi connectivity index (χ4n) is 3.38. The maximum atomic E-state index is 12.2. The van der Waals surface area contributed by atoms with E-state index in [1.807, 2.05) is 0 Å². The first-order valence-corrected chi connectivity index (χ1v) is 7.05. The summed E-state index contributed by atoms with van der Waals surface area (Å²) >= 11 is 0. The van der Waals surface area contributed by atoms with Gasteiger partial charge in [0, 0.05) is 6.04 Å². The van der Waals surface area contributed by atoms with Crippen molar-refractivity contribution < 1.29 is 19.5 Å². The molecule has 1 aliphatic heterocycles. The first-order valence-electron chi connectivity index (χ1n) is 7.05. The molecule has 2 rings (SSSR count). The molecule has 0 bridgehead atoms. The molecule has 2 fully saturated rings. The number of fused-ring (bicyclic) bond motifs is 1. The highest BCUT2D eigenvalue weighted by molar-refractivity contribution is 5.89. The molecular weight excluding hydrogens is 262 g/mol. The van der Waals surface area contributed by atoms with E-state index < -0.39 is 17.9 Å². The second kappa shape index (κ2) is 6.21. The number of aliphatic carboxylic acids is 1. The molecule has 3 atom stereocenters. The first-order chi connectivity index (χ1) is 9.54. The Morgan fingerprint density at radius 1 is 1.25 bits per heavy atom. The van der Waals surface area contributed by atoms with Crippen LogP contribution in [0.25, 0.3) is 0 Å². The Bertz CT molecular complexity index is 412. The molecule has 0 aromatic carbocycles. The highest BCUT2D eigenvalue weighted by Gasteiger charge is 2.47. The molecule has 1 saturated heterocycles. The fraction of sp³-hybridized carbons (Fsp3) is 0.769. The molecule has 4 N–H and O–H groups in total. The summed E-state index contributed by atoms with van der Waals surface area (Å²) in [5, 5.41) is 11.7. The number of likely N-dealkylation sites (tertiary alicyclic amines) is 1. The van der Waals surface area contributed by atoms with Crippen LogP contribution in [0.5, 0.6) is 0 Å². The fourth-order valence-corrected chi connectivity index (χ4v) is 3.38. The van der Waals surface area contributed by atoms with E-state index in [4.69, 9.17) is 5.73 Å². The van der Waals surface area contributed by atoms with Crippen molar-refractivity contribution in [3.8, 4) is 0 Å². The lowest BCUT2D eigenvalue weighted by atomic mass is 9.85. The van der Waals surface area contributed by atoms with E-state index in [0.29, 0.717) is 6.42 Å². The number of rotatable bonds is 4. The number of nitrogens with zero attached hydrogens (tertiary/aromatic N) is 1. The Labute approximate surface area is 117 Å². The molecule has 3 unspecified atom stereocenters. The van der Waals surface area contributed by atoms with Gasteiger partial charge in [0.05, 0.1) is 13.1 Å². The van der Waals surface area contributed by atoms with Crippen LogP contribution in [-0.2, 0) is 14.4 Å². The van der Waals surface area contributed by atoms with Crippen LogP contribution >= 0.6 is 0 Å². The molecule has 7 nitrogen and oxygen atoms in total. The molecule has 7 heteroatoms. The molecule has 1 heterocycles. The third kappa shape index (κ3) is 2.92. The molecule has 112 valence electrons. The Kier molecular flexibility index (Phi) is 4.59. The van der Waals surface area contributed by atoms with Crippen LogP contribution in [0.3, 0.4) is 0 Å². The molecule has 2 aliphatic rings. The van der Waals surface area contributed by atoms with E-state index in [-0.39, 0.29) is 31.0 Å². The zero-order valence-corrected chi connectivity index (χ0v) is 11.4. The minimum absolute atomic E-state index is 0.00660. The van der Waals surface area contributed by atoms with Crippen LogP contribution in [0.2, 0.25) is 0 Å². The third-order valence-electron chi connectivity index (χ3n) is 4.28. The van der Waals surface area contributed by atoms with Crippen molar-refractivity contribution in [2.75, 3.05) is 13.1 Å². The Hall–Kier alpha value is -1.63. The Morgan fingerprint density at radius 2 is 1.95 bits per heavy atom. The number of nitrogens with one attached hydrogen (secondary N) is 1. The smallest absolute Gasteiger partial charge is 0.326 e. The maximum Gasteiger partial charge on any atom is 0.326 e. The van der Waals surface area contributed by atoms with Gasteiger partial charge in [0.25, 0.3) is 0 Å². The van der Waals surface area contributed by atoms with Gasteiger partial charge in [-0.2, -0.15) is 0 Å². The number of carbonyl (C=O) groups excluding carboxylic acids is 2. The summed E-state index contributed by atoms with van der Waals surface area (Å²) in [6, 6.07) is -0.752. The lowest BCUT2D eigenvalue weighted by Crippen LogP contribution is -2.50. The summed E-state index contributed by atoms with van der Waals surface area (Å²) in [4.78, 5) is 36.2. The minimum Gasteiger partial charge on any atom is -0.480 e. The average Bonchev–Trinajstić information content (AvgIpc) is 2.84. The molecular formula is C13H21N3O4. The normalized spacial score (nSPS) is 28.9. The molecule has 0 radical (unpaired) electrons. The summed E-state index contributed by atoms with van der Waals surface area (Å²) in [5.74, 6) is -1.42. The number of carboxylic acid groups (broad SMARTS) is 1. The highest BCUT2D eigenvalue weighted by atomic mass is 16.4. The minimum atomic E-state index is -0.960. The molecule has 1 aliphatic carbocycles. The summed E-state index contributed by atoms with van der Waals surface area (Å²) in [5.41, 5.74) is 5.16. The van der Waals surface area contributed by atoms with Gasteiger partial charge in [0.1, 0.15) is 6.04 Å². The number of hydrogen-bond acceptors (Lipinski definition) is 4. The van der Waals surface area contributed by atoms with E-state index in [1.54, 1.807) is 0 Å². The topological polar surface area (TPSA) is 113 Å². The van der Waals surface area contributed by atoms with Crippen molar-refractivity contribution in [1.82, 2.24) is 10.2 Å². The Balaban J connectivity index is 2.06. The lowest BCUT2D eigenvalue weighted by Gasteiger charge is -2.33. The van der Waals surface area contributed by atoms with Gasteiger partial charge in [-0.3, -0.25) is 9.59 Å². The van der Waals surface area contributed by atoms with Crippen molar-refractivity contribution in [3.63, 3.8) is 0 Å². The SMILES string of the molecule is NCC(=O)NCC(=O)N1C(C(=O)O)CC2CCCCC21. The monoisotopic (exact) mass is 283 g/mol. The highest BCUT2D eigenvalue weighted by Crippen LogP contribution is 2.39. The van der Waals surface area contributed by atoms with Crippen LogP contribution in [0, 0.1) is 5.92 Å². The van der Waals surface area contributed by atoms with E-state index >= 15 is 0 Å². The molecule has 1 saturated carbocycles. The van der Waals surface area contributed by atoms with Gasteiger partial charge in [0.2, 0.25) is 11.8 Å². The van der Waals surface area contributed by atoms with Crippen molar-refractivity contribution >= 4 is 17.8 Å².